The van der Waals surface area contributed by atoms with Crippen LogP contribution in [0.1, 0.15) is 15.9 Å². The van der Waals surface area contributed by atoms with Crippen LogP contribution in [0, 0.1) is 0 Å². The zero-order valence-corrected chi connectivity index (χ0v) is 12.8. The Morgan fingerprint density at radius 2 is 1.86 bits per heavy atom. The molecule has 0 atom stereocenters. The largest absolute Gasteiger partial charge is 0.399 e. The molecule has 0 aromatic heterocycles. The van der Waals surface area contributed by atoms with E-state index in [0.717, 1.165) is 11.3 Å². The van der Waals surface area contributed by atoms with Gasteiger partial charge in [0.2, 0.25) is 0 Å². The van der Waals surface area contributed by atoms with Crippen molar-refractivity contribution in [3.8, 4) is 0 Å². The second-order valence-electron chi connectivity index (χ2n) is 4.97. The average molecular weight is 304 g/mol. The van der Waals surface area contributed by atoms with Crippen molar-refractivity contribution in [3.05, 3.63) is 58.6 Å². The van der Waals surface area contributed by atoms with Gasteiger partial charge < -0.3 is 16.0 Å². The molecule has 3 N–H and O–H groups in total. The van der Waals surface area contributed by atoms with E-state index in [4.69, 9.17) is 17.3 Å². The molecule has 2 rings (SSSR count). The SMILES string of the molecule is CN(C)c1ccc(C(=O)NCc2ccc(N)cc2Cl)cc1. The van der Waals surface area contributed by atoms with Crippen molar-refractivity contribution in [2.45, 2.75) is 6.54 Å². The fourth-order valence-corrected chi connectivity index (χ4v) is 2.15. The van der Waals surface area contributed by atoms with Gasteiger partial charge in [-0.05, 0) is 42.0 Å². The number of halogens is 1. The Kier molecular flexibility index (Phi) is 4.70. The summed E-state index contributed by atoms with van der Waals surface area (Å²) in [5, 5.41) is 3.40. The number of hydrogen-bond acceptors (Lipinski definition) is 3. The molecule has 0 unspecified atom stereocenters. The summed E-state index contributed by atoms with van der Waals surface area (Å²) in [4.78, 5) is 14.1. The average Bonchev–Trinajstić information content (AvgIpc) is 2.46. The lowest BCUT2D eigenvalue weighted by Crippen LogP contribution is -2.23. The van der Waals surface area contributed by atoms with E-state index in [0.29, 0.717) is 22.8 Å². The number of benzene rings is 2. The number of anilines is 2. The Morgan fingerprint density at radius 3 is 2.43 bits per heavy atom. The van der Waals surface area contributed by atoms with E-state index in [-0.39, 0.29) is 5.91 Å². The summed E-state index contributed by atoms with van der Waals surface area (Å²) in [6.45, 7) is 0.368. The van der Waals surface area contributed by atoms with Crippen LogP contribution in [0.15, 0.2) is 42.5 Å². The Hall–Kier alpha value is -2.20. The number of nitrogen functional groups attached to an aromatic ring is 1. The van der Waals surface area contributed by atoms with Crippen molar-refractivity contribution in [1.82, 2.24) is 5.32 Å². The predicted octanol–water partition coefficient (Wildman–Crippen LogP) is 2.92. The lowest BCUT2D eigenvalue weighted by molar-refractivity contribution is 0.0951. The van der Waals surface area contributed by atoms with E-state index in [1.807, 2.05) is 37.2 Å². The molecular formula is C16H18ClN3O. The smallest absolute Gasteiger partial charge is 0.251 e. The van der Waals surface area contributed by atoms with Gasteiger partial charge in [-0.1, -0.05) is 17.7 Å². The van der Waals surface area contributed by atoms with Crippen molar-refractivity contribution < 1.29 is 4.79 Å². The Morgan fingerprint density at radius 1 is 1.19 bits per heavy atom. The fraction of sp³-hybridized carbons (Fsp3) is 0.188. The number of amides is 1. The summed E-state index contributed by atoms with van der Waals surface area (Å²) >= 11 is 6.08. The molecule has 21 heavy (non-hydrogen) atoms. The molecule has 0 aliphatic carbocycles. The number of nitrogens with one attached hydrogen (secondary N) is 1. The van der Waals surface area contributed by atoms with Crippen molar-refractivity contribution >= 4 is 28.9 Å². The molecule has 4 nitrogen and oxygen atoms in total. The summed E-state index contributed by atoms with van der Waals surface area (Å²) in [6, 6.07) is 12.7. The first kappa shape index (κ1) is 15.2. The number of carbonyl (C=O) groups is 1. The number of hydrogen-bond donors (Lipinski definition) is 2. The first-order valence-electron chi connectivity index (χ1n) is 6.57. The molecule has 0 aliphatic heterocycles. The fourth-order valence-electron chi connectivity index (χ4n) is 1.90. The molecule has 2 aromatic carbocycles. The minimum Gasteiger partial charge on any atom is -0.399 e. The van der Waals surface area contributed by atoms with Crippen LogP contribution >= 0.6 is 11.6 Å². The summed E-state index contributed by atoms with van der Waals surface area (Å²) in [6.07, 6.45) is 0. The van der Waals surface area contributed by atoms with E-state index in [1.54, 1.807) is 24.3 Å². The number of carbonyl (C=O) groups excluding carboxylic acids is 1. The zero-order chi connectivity index (χ0) is 15.4. The Balaban J connectivity index is 2.01. The third-order valence-electron chi connectivity index (χ3n) is 3.16. The molecule has 1 amide bonds. The van der Waals surface area contributed by atoms with Crippen molar-refractivity contribution in [2.75, 3.05) is 24.7 Å². The third-order valence-corrected chi connectivity index (χ3v) is 3.51. The molecule has 0 radical (unpaired) electrons. The van der Waals surface area contributed by atoms with E-state index in [1.165, 1.54) is 0 Å². The van der Waals surface area contributed by atoms with Gasteiger partial charge in [-0.3, -0.25) is 4.79 Å². The first-order chi connectivity index (χ1) is 9.97. The molecule has 0 aliphatic rings. The van der Waals surface area contributed by atoms with Gasteiger partial charge in [0, 0.05) is 42.6 Å². The van der Waals surface area contributed by atoms with Crippen molar-refractivity contribution in [1.29, 1.82) is 0 Å². The van der Waals surface area contributed by atoms with Gasteiger partial charge in [0.1, 0.15) is 0 Å². The first-order valence-corrected chi connectivity index (χ1v) is 6.94. The summed E-state index contributed by atoms with van der Waals surface area (Å²) in [7, 11) is 3.91. The van der Waals surface area contributed by atoms with Gasteiger partial charge in [-0.25, -0.2) is 0 Å². The quantitative estimate of drug-likeness (QED) is 0.854. The molecule has 0 bridgehead atoms. The maximum atomic E-state index is 12.1. The van der Waals surface area contributed by atoms with Crippen LogP contribution in [0.3, 0.4) is 0 Å². The van der Waals surface area contributed by atoms with E-state index in [2.05, 4.69) is 5.32 Å². The Labute approximate surface area is 129 Å². The van der Waals surface area contributed by atoms with Crippen LogP contribution in [0.4, 0.5) is 11.4 Å². The van der Waals surface area contributed by atoms with E-state index >= 15 is 0 Å². The molecule has 5 heteroatoms. The van der Waals surface area contributed by atoms with Crippen LogP contribution in [0.5, 0.6) is 0 Å². The van der Waals surface area contributed by atoms with Crippen LogP contribution in [0.25, 0.3) is 0 Å². The van der Waals surface area contributed by atoms with Gasteiger partial charge in [0.05, 0.1) is 0 Å². The minimum atomic E-state index is -0.131. The highest BCUT2D eigenvalue weighted by Gasteiger charge is 2.07. The second-order valence-corrected chi connectivity index (χ2v) is 5.38. The van der Waals surface area contributed by atoms with Crippen molar-refractivity contribution in [2.24, 2.45) is 0 Å². The van der Waals surface area contributed by atoms with Gasteiger partial charge in [0.25, 0.3) is 5.91 Å². The van der Waals surface area contributed by atoms with Gasteiger partial charge in [-0.15, -0.1) is 0 Å². The lowest BCUT2D eigenvalue weighted by Gasteiger charge is -2.13. The second kappa shape index (κ2) is 6.50. The van der Waals surface area contributed by atoms with E-state index in [9.17, 15) is 4.79 Å². The number of rotatable bonds is 4. The van der Waals surface area contributed by atoms with Crippen LogP contribution < -0.4 is 16.0 Å². The standard InChI is InChI=1S/C16H18ClN3O/c1-20(2)14-7-4-11(5-8-14)16(21)19-10-12-3-6-13(18)9-15(12)17/h3-9H,10,18H2,1-2H3,(H,19,21). The molecule has 0 saturated heterocycles. The van der Waals surface area contributed by atoms with Gasteiger partial charge in [0.15, 0.2) is 0 Å². The highest BCUT2D eigenvalue weighted by atomic mass is 35.5. The van der Waals surface area contributed by atoms with Crippen LogP contribution in [-0.2, 0) is 6.54 Å². The topological polar surface area (TPSA) is 58.4 Å². The highest BCUT2D eigenvalue weighted by Crippen LogP contribution is 2.19. The molecule has 0 heterocycles. The van der Waals surface area contributed by atoms with Crippen LogP contribution in [-0.4, -0.2) is 20.0 Å². The summed E-state index contributed by atoms with van der Waals surface area (Å²) in [5.41, 5.74) is 8.75. The lowest BCUT2D eigenvalue weighted by atomic mass is 10.1. The monoisotopic (exact) mass is 303 g/mol. The molecular weight excluding hydrogens is 286 g/mol. The number of nitrogens with two attached hydrogens (primary N) is 1. The molecule has 0 spiro atoms. The molecule has 0 fully saturated rings. The maximum absolute atomic E-state index is 12.1. The molecule has 0 saturated carbocycles. The normalized spacial score (nSPS) is 10.2. The molecule has 2 aromatic rings. The highest BCUT2D eigenvalue weighted by molar-refractivity contribution is 6.31. The predicted molar refractivity (Wildman–Crippen MR) is 87.8 cm³/mol. The maximum Gasteiger partial charge on any atom is 0.251 e. The summed E-state index contributed by atoms with van der Waals surface area (Å²) in [5.74, 6) is -0.131. The Bertz CT molecular complexity index is 638. The van der Waals surface area contributed by atoms with Gasteiger partial charge in [-0.2, -0.15) is 0 Å². The van der Waals surface area contributed by atoms with Gasteiger partial charge >= 0.3 is 0 Å². The third kappa shape index (κ3) is 3.89. The zero-order valence-electron chi connectivity index (χ0n) is 12.1. The van der Waals surface area contributed by atoms with Crippen LogP contribution in [0.2, 0.25) is 5.02 Å². The molecule has 110 valence electrons. The van der Waals surface area contributed by atoms with Crippen molar-refractivity contribution in [3.63, 3.8) is 0 Å². The summed E-state index contributed by atoms with van der Waals surface area (Å²) < 4.78 is 0. The van der Waals surface area contributed by atoms with E-state index < -0.39 is 0 Å². The number of nitrogens with zero attached hydrogens (tertiary/aromatic N) is 1. The minimum absolute atomic E-state index is 0.131.